The Hall–Kier alpha value is -2.49. The van der Waals surface area contributed by atoms with E-state index in [1.54, 1.807) is 0 Å². The highest BCUT2D eigenvalue weighted by Crippen LogP contribution is 2.25. The van der Waals surface area contributed by atoms with Gasteiger partial charge >= 0.3 is 0 Å². The lowest BCUT2D eigenvalue weighted by molar-refractivity contribution is 0.340. The van der Waals surface area contributed by atoms with Crippen LogP contribution in [0, 0.1) is 6.92 Å². The molecule has 20 heavy (non-hydrogen) atoms. The summed E-state index contributed by atoms with van der Waals surface area (Å²) in [6, 6.07) is 11.8. The van der Waals surface area contributed by atoms with E-state index in [1.165, 1.54) is 0 Å². The molecule has 4 nitrogen and oxygen atoms in total. The van der Waals surface area contributed by atoms with E-state index in [1.807, 2.05) is 56.4 Å². The Morgan fingerprint density at radius 2 is 1.95 bits per heavy atom. The van der Waals surface area contributed by atoms with Crippen molar-refractivity contribution in [2.75, 3.05) is 12.3 Å². The number of hydrogen-bond donors (Lipinski definition) is 1. The van der Waals surface area contributed by atoms with Crippen LogP contribution in [0.5, 0.6) is 5.75 Å². The van der Waals surface area contributed by atoms with Crippen LogP contribution in [0.1, 0.15) is 12.6 Å². The van der Waals surface area contributed by atoms with Gasteiger partial charge in [-0.25, -0.2) is 4.98 Å². The smallest absolute Gasteiger partial charge is 0.144 e. The molecule has 3 aromatic rings. The van der Waals surface area contributed by atoms with E-state index in [9.17, 15) is 0 Å². The molecule has 1 aromatic carbocycles. The Kier molecular flexibility index (Phi) is 3.06. The summed E-state index contributed by atoms with van der Waals surface area (Å²) >= 11 is 0. The Bertz CT molecular complexity index is 744. The Morgan fingerprint density at radius 1 is 1.20 bits per heavy atom. The SMILES string of the molecule is CCOc1ccc(-c2nc(C)c3cc(N)ccn23)cc1. The minimum absolute atomic E-state index is 0.671. The number of ether oxygens (including phenoxy) is 1. The Morgan fingerprint density at radius 3 is 2.65 bits per heavy atom. The van der Waals surface area contributed by atoms with Crippen molar-refractivity contribution >= 4 is 11.2 Å². The van der Waals surface area contributed by atoms with Crippen molar-refractivity contribution in [1.29, 1.82) is 0 Å². The molecule has 0 saturated carbocycles. The maximum Gasteiger partial charge on any atom is 0.144 e. The highest BCUT2D eigenvalue weighted by Gasteiger charge is 2.10. The Labute approximate surface area is 117 Å². The molecule has 0 radical (unpaired) electrons. The molecule has 0 unspecified atom stereocenters. The summed E-state index contributed by atoms with van der Waals surface area (Å²) in [4.78, 5) is 4.64. The molecule has 2 N–H and O–H groups in total. The number of nitrogens with zero attached hydrogens (tertiary/aromatic N) is 2. The van der Waals surface area contributed by atoms with Gasteiger partial charge in [0.15, 0.2) is 0 Å². The zero-order chi connectivity index (χ0) is 14.1. The van der Waals surface area contributed by atoms with E-state index < -0.39 is 0 Å². The molecule has 0 atom stereocenters. The zero-order valence-corrected chi connectivity index (χ0v) is 11.6. The first kappa shape index (κ1) is 12.5. The van der Waals surface area contributed by atoms with Crippen molar-refractivity contribution in [3.8, 4) is 17.1 Å². The molecule has 0 aliphatic rings. The summed E-state index contributed by atoms with van der Waals surface area (Å²) in [5.41, 5.74) is 9.65. The molecule has 0 bridgehead atoms. The predicted molar refractivity (Wildman–Crippen MR) is 80.9 cm³/mol. The van der Waals surface area contributed by atoms with Gasteiger partial charge in [-0.1, -0.05) is 0 Å². The van der Waals surface area contributed by atoms with Gasteiger partial charge in [0.25, 0.3) is 0 Å². The molecular formula is C16H17N3O. The van der Waals surface area contributed by atoms with Crippen LogP contribution >= 0.6 is 0 Å². The van der Waals surface area contributed by atoms with Gasteiger partial charge < -0.3 is 10.5 Å². The highest BCUT2D eigenvalue weighted by atomic mass is 16.5. The van der Waals surface area contributed by atoms with E-state index in [4.69, 9.17) is 10.5 Å². The minimum atomic E-state index is 0.671. The van der Waals surface area contributed by atoms with Gasteiger partial charge in [0.1, 0.15) is 11.6 Å². The molecule has 3 rings (SSSR count). The number of aromatic nitrogens is 2. The van der Waals surface area contributed by atoms with Crippen molar-refractivity contribution < 1.29 is 4.74 Å². The number of pyridine rings is 1. The second-order valence-electron chi connectivity index (χ2n) is 4.69. The number of nitrogens with two attached hydrogens (primary N) is 1. The number of anilines is 1. The van der Waals surface area contributed by atoms with E-state index in [0.717, 1.165) is 34.0 Å². The average Bonchev–Trinajstić information content (AvgIpc) is 2.77. The van der Waals surface area contributed by atoms with Crippen molar-refractivity contribution in [3.63, 3.8) is 0 Å². The van der Waals surface area contributed by atoms with Gasteiger partial charge in [-0.3, -0.25) is 4.40 Å². The monoisotopic (exact) mass is 267 g/mol. The number of imidazole rings is 1. The van der Waals surface area contributed by atoms with Crippen LogP contribution < -0.4 is 10.5 Å². The second kappa shape index (κ2) is 4.89. The van der Waals surface area contributed by atoms with Crippen molar-refractivity contribution in [3.05, 3.63) is 48.3 Å². The molecule has 4 heteroatoms. The summed E-state index contributed by atoms with van der Waals surface area (Å²) in [6.07, 6.45) is 1.95. The third kappa shape index (κ3) is 2.09. The first-order valence-corrected chi connectivity index (χ1v) is 6.66. The van der Waals surface area contributed by atoms with Crippen LogP contribution in [0.25, 0.3) is 16.9 Å². The fraction of sp³-hybridized carbons (Fsp3) is 0.188. The van der Waals surface area contributed by atoms with Gasteiger partial charge in [-0.15, -0.1) is 0 Å². The standard InChI is InChI=1S/C16H17N3O/c1-3-20-14-6-4-12(5-7-14)16-18-11(2)15-10-13(17)8-9-19(15)16/h4-10H,3,17H2,1-2H3. The average molecular weight is 267 g/mol. The molecule has 2 aromatic heterocycles. The number of benzene rings is 1. The molecule has 0 fully saturated rings. The maximum atomic E-state index is 5.84. The van der Waals surface area contributed by atoms with Crippen molar-refractivity contribution in [2.24, 2.45) is 0 Å². The predicted octanol–water partition coefficient (Wildman–Crippen LogP) is 3.29. The van der Waals surface area contributed by atoms with Gasteiger partial charge in [0, 0.05) is 17.4 Å². The first-order valence-electron chi connectivity index (χ1n) is 6.66. The van der Waals surface area contributed by atoms with Gasteiger partial charge in [0.05, 0.1) is 17.8 Å². The highest BCUT2D eigenvalue weighted by molar-refractivity contribution is 5.68. The molecule has 0 aliphatic heterocycles. The lowest BCUT2D eigenvalue weighted by atomic mass is 10.2. The van der Waals surface area contributed by atoms with Crippen LogP contribution in [0.2, 0.25) is 0 Å². The van der Waals surface area contributed by atoms with Gasteiger partial charge in [-0.05, 0) is 50.2 Å². The minimum Gasteiger partial charge on any atom is -0.494 e. The fourth-order valence-corrected chi connectivity index (χ4v) is 2.32. The first-order chi connectivity index (χ1) is 9.69. The fourth-order valence-electron chi connectivity index (χ4n) is 2.32. The van der Waals surface area contributed by atoms with E-state index in [0.29, 0.717) is 6.61 Å². The second-order valence-corrected chi connectivity index (χ2v) is 4.69. The largest absolute Gasteiger partial charge is 0.494 e. The van der Waals surface area contributed by atoms with Crippen LogP contribution in [-0.4, -0.2) is 16.0 Å². The summed E-state index contributed by atoms with van der Waals surface area (Å²) in [5.74, 6) is 1.79. The molecule has 0 spiro atoms. The van der Waals surface area contributed by atoms with E-state index in [2.05, 4.69) is 9.38 Å². The lowest BCUT2D eigenvalue weighted by Crippen LogP contribution is -1.93. The Balaban J connectivity index is 2.10. The van der Waals surface area contributed by atoms with Crippen molar-refractivity contribution in [2.45, 2.75) is 13.8 Å². The molecule has 0 aliphatic carbocycles. The number of hydrogen-bond acceptors (Lipinski definition) is 3. The third-order valence-electron chi connectivity index (χ3n) is 3.27. The van der Waals surface area contributed by atoms with Crippen LogP contribution in [0.3, 0.4) is 0 Å². The number of fused-ring (bicyclic) bond motifs is 1. The lowest BCUT2D eigenvalue weighted by Gasteiger charge is -2.05. The topological polar surface area (TPSA) is 52.5 Å². The van der Waals surface area contributed by atoms with Gasteiger partial charge in [-0.2, -0.15) is 0 Å². The van der Waals surface area contributed by atoms with Crippen LogP contribution in [0.4, 0.5) is 5.69 Å². The number of nitrogen functional groups attached to an aromatic ring is 1. The number of rotatable bonds is 3. The summed E-state index contributed by atoms with van der Waals surface area (Å²) in [5, 5.41) is 0. The quantitative estimate of drug-likeness (QED) is 0.792. The van der Waals surface area contributed by atoms with Crippen molar-refractivity contribution in [1.82, 2.24) is 9.38 Å². The summed E-state index contributed by atoms with van der Waals surface area (Å²) in [7, 11) is 0. The summed E-state index contributed by atoms with van der Waals surface area (Å²) < 4.78 is 7.52. The van der Waals surface area contributed by atoms with Crippen LogP contribution in [-0.2, 0) is 0 Å². The molecule has 0 amide bonds. The number of aryl methyl sites for hydroxylation is 1. The molecule has 0 saturated heterocycles. The normalized spacial score (nSPS) is 10.9. The molecule has 102 valence electrons. The van der Waals surface area contributed by atoms with Crippen LogP contribution in [0.15, 0.2) is 42.6 Å². The summed E-state index contributed by atoms with van der Waals surface area (Å²) in [6.45, 7) is 4.64. The maximum absolute atomic E-state index is 5.84. The zero-order valence-electron chi connectivity index (χ0n) is 11.6. The van der Waals surface area contributed by atoms with E-state index in [-0.39, 0.29) is 0 Å². The van der Waals surface area contributed by atoms with E-state index >= 15 is 0 Å². The third-order valence-corrected chi connectivity index (χ3v) is 3.27. The molecular weight excluding hydrogens is 250 g/mol. The molecule has 2 heterocycles. The van der Waals surface area contributed by atoms with Gasteiger partial charge in [0.2, 0.25) is 0 Å².